The molecule has 28 heavy (non-hydrogen) atoms. The number of carbonyl (C=O) groups excluding carboxylic acids is 1. The summed E-state index contributed by atoms with van der Waals surface area (Å²) < 4.78 is 5.98. The first-order chi connectivity index (χ1) is 13.6. The molecule has 3 heterocycles. The number of H-pyrrole nitrogens is 1. The average Bonchev–Trinajstić information content (AvgIpc) is 3.09. The van der Waals surface area contributed by atoms with Gasteiger partial charge in [0.2, 0.25) is 5.91 Å². The van der Waals surface area contributed by atoms with Crippen LogP contribution in [-0.4, -0.2) is 50.7 Å². The number of piperidine rings is 1. The molecule has 0 saturated carbocycles. The van der Waals surface area contributed by atoms with Crippen LogP contribution in [0.25, 0.3) is 10.9 Å². The molecule has 6 nitrogen and oxygen atoms in total. The lowest BCUT2D eigenvalue weighted by Gasteiger charge is -2.32. The fourth-order valence-electron chi connectivity index (χ4n) is 3.55. The highest BCUT2D eigenvalue weighted by Crippen LogP contribution is 2.28. The molecule has 1 unspecified atom stereocenters. The van der Waals surface area contributed by atoms with Crippen molar-refractivity contribution >= 4 is 28.6 Å². The summed E-state index contributed by atoms with van der Waals surface area (Å²) in [6.07, 6.45) is 3.76. The summed E-state index contributed by atoms with van der Waals surface area (Å²) in [6.45, 7) is 5.23. The molecule has 0 aliphatic carbocycles. The lowest BCUT2D eigenvalue weighted by atomic mass is 10.1. The Labute approximate surface area is 168 Å². The fourth-order valence-corrected chi connectivity index (χ4v) is 4.49. The van der Waals surface area contributed by atoms with Crippen molar-refractivity contribution in [2.75, 3.05) is 18.8 Å². The number of thioether (sulfide) groups is 1. The number of likely N-dealkylation sites (tertiary alicyclic amines) is 1. The number of aryl methyl sites for hydroxylation is 2. The van der Waals surface area contributed by atoms with Crippen molar-refractivity contribution in [3.8, 4) is 6.01 Å². The van der Waals surface area contributed by atoms with Crippen LogP contribution < -0.4 is 4.74 Å². The number of aromatic nitrogens is 3. The summed E-state index contributed by atoms with van der Waals surface area (Å²) in [5, 5.41) is 1.16. The molecule has 1 atom stereocenters. The number of amides is 1. The van der Waals surface area contributed by atoms with Crippen molar-refractivity contribution < 1.29 is 9.53 Å². The number of nitrogens with zero attached hydrogens (tertiary/aromatic N) is 3. The summed E-state index contributed by atoms with van der Waals surface area (Å²) in [5.41, 5.74) is 2.88. The van der Waals surface area contributed by atoms with E-state index in [9.17, 15) is 4.79 Å². The third kappa shape index (κ3) is 4.30. The molecule has 146 valence electrons. The predicted molar refractivity (Wildman–Crippen MR) is 111 cm³/mol. The van der Waals surface area contributed by atoms with E-state index in [-0.39, 0.29) is 12.0 Å². The smallest absolute Gasteiger partial charge is 0.317 e. The molecule has 1 saturated heterocycles. The number of rotatable bonds is 5. The molecular formula is C21H24N4O2S. The Hall–Kier alpha value is -2.54. The van der Waals surface area contributed by atoms with Gasteiger partial charge in [0, 0.05) is 39.9 Å². The van der Waals surface area contributed by atoms with Gasteiger partial charge in [0.1, 0.15) is 6.10 Å². The van der Waals surface area contributed by atoms with Gasteiger partial charge in [0.05, 0.1) is 12.3 Å². The zero-order valence-corrected chi connectivity index (χ0v) is 17.0. The molecular weight excluding hydrogens is 372 g/mol. The summed E-state index contributed by atoms with van der Waals surface area (Å²) in [4.78, 5) is 27.7. The van der Waals surface area contributed by atoms with E-state index in [1.165, 1.54) is 0 Å². The van der Waals surface area contributed by atoms with Crippen LogP contribution in [-0.2, 0) is 4.79 Å². The molecule has 1 aliphatic rings. The lowest BCUT2D eigenvalue weighted by molar-refractivity contribution is -0.131. The van der Waals surface area contributed by atoms with Crippen LogP contribution in [0.2, 0.25) is 0 Å². The van der Waals surface area contributed by atoms with Crippen molar-refractivity contribution in [2.45, 2.75) is 37.7 Å². The van der Waals surface area contributed by atoms with Gasteiger partial charge >= 0.3 is 6.01 Å². The summed E-state index contributed by atoms with van der Waals surface area (Å²) in [7, 11) is 0. The number of para-hydroxylation sites is 1. The SMILES string of the molecule is Cc1cc(C)nc(OC2CCCN(C(=O)CSc3c[nH]c4ccccc34)C2)n1. The topological polar surface area (TPSA) is 71.1 Å². The van der Waals surface area contributed by atoms with Gasteiger partial charge in [-0.05, 0) is 38.8 Å². The van der Waals surface area contributed by atoms with Crippen LogP contribution in [0.5, 0.6) is 6.01 Å². The Morgan fingerprint density at radius 3 is 2.89 bits per heavy atom. The third-order valence-corrected chi connectivity index (χ3v) is 5.91. The van der Waals surface area contributed by atoms with Crippen LogP contribution in [0.15, 0.2) is 41.4 Å². The van der Waals surface area contributed by atoms with E-state index in [1.807, 2.05) is 49.2 Å². The van der Waals surface area contributed by atoms with Gasteiger partial charge in [-0.25, -0.2) is 9.97 Å². The van der Waals surface area contributed by atoms with Gasteiger partial charge < -0.3 is 14.6 Å². The maximum atomic E-state index is 12.7. The molecule has 0 radical (unpaired) electrons. The van der Waals surface area contributed by atoms with Gasteiger partial charge in [0.15, 0.2) is 0 Å². The zero-order valence-electron chi connectivity index (χ0n) is 16.1. The highest BCUT2D eigenvalue weighted by molar-refractivity contribution is 8.00. The molecule has 0 bridgehead atoms. The van der Waals surface area contributed by atoms with Crippen molar-refractivity contribution in [1.82, 2.24) is 19.9 Å². The maximum absolute atomic E-state index is 12.7. The fraction of sp³-hybridized carbons (Fsp3) is 0.381. The van der Waals surface area contributed by atoms with Crippen molar-refractivity contribution in [2.24, 2.45) is 0 Å². The van der Waals surface area contributed by atoms with E-state index in [2.05, 4.69) is 21.0 Å². The molecule has 1 N–H and O–H groups in total. The van der Waals surface area contributed by atoms with E-state index in [0.717, 1.165) is 46.6 Å². The van der Waals surface area contributed by atoms with E-state index in [4.69, 9.17) is 4.74 Å². The second kappa shape index (κ2) is 8.22. The van der Waals surface area contributed by atoms with Crippen LogP contribution in [0, 0.1) is 13.8 Å². The highest BCUT2D eigenvalue weighted by Gasteiger charge is 2.25. The molecule has 1 fully saturated rings. The second-order valence-corrected chi connectivity index (χ2v) is 8.16. The first kappa shape index (κ1) is 18.8. The number of benzene rings is 1. The lowest BCUT2D eigenvalue weighted by Crippen LogP contribution is -2.45. The zero-order chi connectivity index (χ0) is 19.5. The molecule has 2 aromatic heterocycles. The Kier molecular flexibility index (Phi) is 5.52. The van der Waals surface area contributed by atoms with Crippen LogP contribution in [0.4, 0.5) is 0 Å². The molecule has 3 aromatic rings. The molecule has 7 heteroatoms. The van der Waals surface area contributed by atoms with Gasteiger partial charge in [-0.3, -0.25) is 4.79 Å². The van der Waals surface area contributed by atoms with Crippen molar-refractivity contribution in [3.63, 3.8) is 0 Å². The number of nitrogens with one attached hydrogen (secondary N) is 1. The molecule has 1 aliphatic heterocycles. The Morgan fingerprint density at radius 2 is 2.07 bits per heavy atom. The maximum Gasteiger partial charge on any atom is 0.317 e. The van der Waals surface area contributed by atoms with Crippen molar-refractivity contribution in [1.29, 1.82) is 0 Å². The molecule has 1 amide bonds. The normalized spacial score (nSPS) is 17.1. The average molecular weight is 397 g/mol. The Balaban J connectivity index is 1.35. The largest absolute Gasteiger partial charge is 0.458 e. The molecule has 0 spiro atoms. The summed E-state index contributed by atoms with van der Waals surface area (Å²) in [5.74, 6) is 0.569. The minimum absolute atomic E-state index is 0.0583. The number of fused-ring (bicyclic) bond motifs is 1. The first-order valence-corrected chi connectivity index (χ1v) is 10.5. The third-order valence-electron chi connectivity index (χ3n) is 4.87. The molecule has 4 rings (SSSR count). The Bertz CT molecular complexity index is 967. The van der Waals surface area contributed by atoms with Gasteiger partial charge in [-0.15, -0.1) is 11.8 Å². The van der Waals surface area contributed by atoms with E-state index in [0.29, 0.717) is 18.3 Å². The number of hydrogen-bond acceptors (Lipinski definition) is 5. The second-order valence-electron chi connectivity index (χ2n) is 7.14. The van der Waals surface area contributed by atoms with E-state index < -0.39 is 0 Å². The van der Waals surface area contributed by atoms with Crippen LogP contribution in [0.3, 0.4) is 0 Å². The van der Waals surface area contributed by atoms with Crippen LogP contribution >= 0.6 is 11.8 Å². The van der Waals surface area contributed by atoms with Gasteiger partial charge in [-0.2, -0.15) is 0 Å². The van der Waals surface area contributed by atoms with Crippen molar-refractivity contribution in [3.05, 3.63) is 47.9 Å². The first-order valence-electron chi connectivity index (χ1n) is 9.54. The van der Waals surface area contributed by atoms with Crippen LogP contribution in [0.1, 0.15) is 24.2 Å². The quantitative estimate of drug-likeness (QED) is 0.665. The van der Waals surface area contributed by atoms with Gasteiger partial charge in [0.25, 0.3) is 0 Å². The standard InChI is InChI=1S/C21H24N4O2S/c1-14-10-15(2)24-21(23-14)27-16-6-5-9-25(12-16)20(26)13-28-19-11-22-18-8-4-3-7-17(18)19/h3-4,7-8,10-11,16,22H,5-6,9,12-13H2,1-2H3. The minimum Gasteiger partial charge on any atom is -0.458 e. The minimum atomic E-state index is -0.0583. The summed E-state index contributed by atoms with van der Waals surface area (Å²) in [6, 6.07) is 10.5. The number of ether oxygens (including phenoxy) is 1. The number of carbonyl (C=O) groups is 1. The van der Waals surface area contributed by atoms with E-state index in [1.54, 1.807) is 11.8 Å². The summed E-state index contributed by atoms with van der Waals surface area (Å²) >= 11 is 1.58. The predicted octanol–water partition coefficient (Wildman–Crippen LogP) is 3.74. The highest BCUT2D eigenvalue weighted by atomic mass is 32.2. The number of aromatic amines is 1. The Morgan fingerprint density at radius 1 is 1.29 bits per heavy atom. The molecule has 1 aromatic carbocycles. The van der Waals surface area contributed by atoms with E-state index >= 15 is 0 Å². The number of hydrogen-bond donors (Lipinski definition) is 1. The monoisotopic (exact) mass is 396 g/mol. The van der Waals surface area contributed by atoms with Gasteiger partial charge in [-0.1, -0.05) is 18.2 Å².